The minimum atomic E-state index is 0.879. The molecular formula is C56H39NO. The van der Waals surface area contributed by atoms with Gasteiger partial charge in [0.15, 0.2) is 0 Å². The van der Waals surface area contributed by atoms with Gasteiger partial charge in [-0.2, -0.15) is 0 Å². The van der Waals surface area contributed by atoms with E-state index in [9.17, 15) is 0 Å². The summed E-state index contributed by atoms with van der Waals surface area (Å²) in [6.07, 6.45) is 0. The lowest BCUT2D eigenvalue weighted by Gasteiger charge is -2.26. The fourth-order valence-electron chi connectivity index (χ4n) is 7.78. The van der Waals surface area contributed by atoms with Crippen molar-refractivity contribution in [2.75, 3.05) is 4.90 Å². The van der Waals surface area contributed by atoms with Crippen molar-refractivity contribution >= 4 is 28.0 Å². The second-order valence-corrected chi connectivity index (χ2v) is 14.6. The van der Waals surface area contributed by atoms with Gasteiger partial charge in [-0.25, -0.2) is 0 Å². The fourth-order valence-corrected chi connectivity index (χ4v) is 7.78. The Kier molecular flexibility index (Phi) is 9.27. The van der Waals surface area contributed by atoms with E-state index in [-0.39, 0.29) is 0 Å². The predicted molar refractivity (Wildman–Crippen MR) is 244 cm³/mol. The third-order valence-electron chi connectivity index (χ3n) is 11.0. The van der Waals surface area contributed by atoms with E-state index in [1.54, 1.807) is 0 Å². The van der Waals surface area contributed by atoms with E-state index in [2.05, 4.69) is 223 Å². The van der Waals surface area contributed by atoms with Gasteiger partial charge in [0.25, 0.3) is 0 Å². The molecule has 1 aromatic heterocycles. The molecule has 10 aromatic rings. The first-order chi connectivity index (χ1) is 28.7. The number of nitrogens with zero attached hydrogens (tertiary/aromatic N) is 1. The zero-order valence-electron chi connectivity index (χ0n) is 31.9. The normalized spacial score (nSPS) is 11.1. The van der Waals surface area contributed by atoms with Crippen LogP contribution in [0.15, 0.2) is 241 Å². The van der Waals surface area contributed by atoms with Gasteiger partial charge < -0.3 is 9.32 Å². The Balaban J connectivity index is 0.945. The van der Waals surface area contributed by atoms with Crippen molar-refractivity contribution in [1.82, 2.24) is 0 Å². The quantitative estimate of drug-likeness (QED) is 0.146. The van der Waals surface area contributed by atoms with Gasteiger partial charge in [-0.15, -0.1) is 0 Å². The van der Waals surface area contributed by atoms with Crippen molar-refractivity contribution in [2.45, 2.75) is 0 Å². The van der Waals surface area contributed by atoms with E-state index < -0.39 is 0 Å². The zero-order chi connectivity index (χ0) is 38.7. The first kappa shape index (κ1) is 34.8. The van der Waals surface area contributed by atoms with Crippen LogP contribution >= 0.6 is 0 Å². The molecule has 0 radical (unpaired) electrons. The molecule has 0 saturated carbocycles. The molecule has 2 nitrogen and oxygen atoms in total. The largest absolute Gasteiger partial charge is 0.456 e. The second-order valence-electron chi connectivity index (χ2n) is 14.6. The number of hydrogen-bond acceptors (Lipinski definition) is 2. The molecule has 9 aromatic carbocycles. The highest BCUT2D eigenvalue weighted by atomic mass is 16.3. The van der Waals surface area contributed by atoms with Crippen molar-refractivity contribution < 1.29 is 4.42 Å². The van der Waals surface area contributed by atoms with Gasteiger partial charge in [-0.1, -0.05) is 188 Å². The van der Waals surface area contributed by atoms with Crippen LogP contribution in [0.4, 0.5) is 17.1 Å². The molecule has 0 aliphatic heterocycles. The SMILES string of the molecule is c1ccc(-c2ccc(-c3ccc(N(c4ccc(-c5ccc(-c6ccccc6)cc5)cc4)c4ccc(-c5ccc(-c6cc7ccccc7o6)cc5)cc4)cc3)cc2)cc1. The molecule has 0 aliphatic rings. The van der Waals surface area contributed by atoms with Crippen molar-refractivity contribution in [3.05, 3.63) is 237 Å². The number of hydrogen-bond donors (Lipinski definition) is 0. The van der Waals surface area contributed by atoms with E-state index in [1.165, 1.54) is 44.5 Å². The summed E-state index contributed by atoms with van der Waals surface area (Å²) in [5.41, 5.74) is 17.2. The molecule has 2 heteroatoms. The van der Waals surface area contributed by atoms with Crippen LogP contribution in [0.3, 0.4) is 0 Å². The van der Waals surface area contributed by atoms with Crippen LogP contribution in [0.5, 0.6) is 0 Å². The molecule has 0 atom stereocenters. The summed E-state index contributed by atoms with van der Waals surface area (Å²) in [6.45, 7) is 0. The molecule has 10 rings (SSSR count). The summed E-state index contributed by atoms with van der Waals surface area (Å²) in [7, 11) is 0. The topological polar surface area (TPSA) is 16.4 Å². The molecule has 0 saturated heterocycles. The maximum absolute atomic E-state index is 6.13. The smallest absolute Gasteiger partial charge is 0.135 e. The number of rotatable bonds is 9. The molecular weight excluding hydrogens is 703 g/mol. The van der Waals surface area contributed by atoms with Crippen LogP contribution in [0.25, 0.3) is 77.9 Å². The number of benzene rings is 9. The molecule has 0 bridgehead atoms. The summed E-state index contributed by atoms with van der Waals surface area (Å²) in [5.74, 6) is 0.879. The van der Waals surface area contributed by atoms with Crippen LogP contribution in [-0.2, 0) is 0 Å². The first-order valence-corrected chi connectivity index (χ1v) is 19.7. The summed E-state index contributed by atoms with van der Waals surface area (Å²) < 4.78 is 6.13. The zero-order valence-corrected chi connectivity index (χ0v) is 31.9. The molecule has 0 aliphatic carbocycles. The highest BCUT2D eigenvalue weighted by Crippen LogP contribution is 2.39. The van der Waals surface area contributed by atoms with Crippen LogP contribution in [0.1, 0.15) is 0 Å². The van der Waals surface area contributed by atoms with Gasteiger partial charge in [0, 0.05) is 28.0 Å². The highest BCUT2D eigenvalue weighted by molar-refractivity contribution is 5.84. The van der Waals surface area contributed by atoms with Gasteiger partial charge in [0.1, 0.15) is 11.3 Å². The van der Waals surface area contributed by atoms with Gasteiger partial charge >= 0.3 is 0 Å². The maximum Gasteiger partial charge on any atom is 0.135 e. The van der Waals surface area contributed by atoms with E-state index in [1.807, 2.05) is 18.2 Å². The molecule has 274 valence electrons. The molecule has 0 unspecified atom stereocenters. The van der Waals surface area contributed by atoms with Crippen LogP contribution in [0.2, 0.25) is 0 Å². The first-order valence-electron chi connectivity index (χ1n) is 19.7. The number of anilines is 3. The van der Waals surface area contributed by atoms with E-state index >= 15 is 0 Å². The van der Waals surface area contributed by atoms with Gasteiger partial charge in [-0.3, -0.25) is 0 Å². The van der Waals surface area contributed by atoms with Gasteiger partial charge in [-0.05, 0) is 104 Å². The molecule has 0 amide bonds. The molecule has 1 heterocycles. The Morgan fingerprint density at radius 2 is 0.517 bits per heavy atom. The standard InChI is InChI=1S/C56H39NO/c1-3-9-40(10-4-1)42-15-19-44(20-16-42)47-27-33-52(34-28-47)57(53-35-29-48(30-36-53)45-21-17-43(18-22-45)41-11-5-2-6-12-41)54-37-31-49(32-38-54)46-23-25-50(26-24-46)56-39-51-13-7-8-14-55(51)58-56/h1-39H. The Hall–Kier alpha value is -7.68. The minimum Gasteiger partial charge on any atom is -0.456 e. The van der Waals surface area contributed by atoms with E-state index in [4.69, 9.17) is 4.42 Å². The van der Waals surface area contributed by atoms with Gasteiger partial charge in [0.05, 0.1) is 0 Å². The summed E-state index contributed by atoms with van der Waals surface area (Å²) >= 11 is 0. The van der Waals surface area contributed by atoms with Crippen molar-refractivity contribution in [2.24, 2.45) is 0 Å². The van der Waals surface area contributed by atoms with Crippen LogP contribution in [0, 0.1) is 0 Å². The molecule has 0 spiro atoms. The monoisotopic (exact) mass is 741 g/mol. The van der Waals surface area contributed by atoms with Crippen molar-refractivity contribution in [3.63, 3.8) is 0 Å². The maximum atomic E-state index is 6.13. The van der Waals surface area contributed by atoms with Crippen LogP contribution in [-0.4, -0.2) is 0 Å². The van der Waals surface area contributed by atoms with E-state index in [0.29, 0.717) is 0 Å². The molecule has 58 heavy (non-hydrogen) atoms. The Morgan fingerprint density at radius 3 is 0.862 bits per heavy atom. The number of para-hydroxylation sites is 1. The van der Waals surface area contributed by atoms with E-state index in [0.717, 1.165) is 50.5 Å². The third kappa shape index (κ3) is 7.11. The average molecular weight is 742 g/mol. The average Bonchev–Trinajstić information content (AvgIpc) is 3.75. The predicted octanol–water partition coefficient (Wildman–Crippen LogP) is 15.9. The lowest BCUT2D eigenvalue weighted by molar-refractivity contribution is 0.631. The summed E-state index contributed by atoms with van der Waals surface area (Å²) in [4.78, 5) is 2.33. The summed E-state index contributed by atoms with van der Waals surface area (Å²) in [6, 6.07) is 84.2. The number of furan rings is 1. The second kappa shape index (κ2) is 15.5. The van der Waals surface area contributed by atoms with Crippen molar-refractivity contribution in [1.29, 1.82) is 0 Å². The minimum absolute atomic E-state index is 0.879. The molecule has 0 N–H and O–H groups in total. The van der Waals surface area contributed by atoms with Crippen LogP contribution < -0.4 is 4.90 Å². The number of fused-ring (bicyclic) bond motifs is 1. The lowest BCUT2D eigenvalue weighted by Crippen LogP contribution is -2.09. The Bertz CT molecular complexity index is 2750. The fraction of sp³-hybridized carbons (Fsp3) is 0. The Morgan fingerprint density at radius 1 is 0.241 bits per heavy atom. The third-order valence-corrected chi connectivity index (χ3v) is 11.0. The van der Waals surface area contributed by atoms with Crippen molar-refractivity contribution in [3.8, 4) is 67.0 Å². The highest BCUT2D eigenvalue weighted by Gasteiger charge is 2.15. The summed E-state index contributed by atoms with van der Waals surface area (Å²) in [5, 5.41) is 1.11. The Labute approximate surface area is 339 Å². The molecule has 0 fully saturated rings. The lowest BCUT2D eigenvalue weighted by atomic mass is 9.99. The van der Waals surface area contributed by atoms with Gasteiger partial charge in [0.2, 0.25) is 0 Å².